The minimum atomic E-state index is -1.40. The van der Waals surface area contributed by atoms with E-state index in [0.717, 1.165) is 0 Å². The number of aromatic nitrogens is 1. The average molecular weight is 393 g/mol. The molecule has 0 spiro atoms. The minimum absolute atomic E-state index is 0.0233. The van der Waals surface area contributed by atoms with Crippen molar-refractivity contribution in [2.75, 3.05) is 0 Å². The highest BCUT2D eigenvalue weighted by molar-refractivity contribution is 5.91. The lowest BCUT2D eigenvalue weighted by atomic mass is 9.90. The van der Waals surface area contributed by atoms with Crippen LogP contribution in [0.5, 0.6) is 11.5 Å². The Morgan fingerprint density at radius 2 is 1.66 bits per heavy atom. The van der Waals surface area contributed by atoms with E-state index in [4.69, 9.17) is 10.5 Å². The van der Waals surface area contributed by atoms with Gasteiger partial charge in [-0.2, -0.15) is 0 Å². The van der Waals surface area contributed by atoms with Gasteiger partial charge in [-0.05, 0) is 61.0 Å². The zero-order valence-corrected chi connectivity index (χ0v) is 15.8. The van der Waals surface area contributed by atoms with Gasteiger partial charge in [0.05, 0.1) is 6.42 Å². The fourth-order valence-electron chi connectivity index (χ4n) is 2.76. The first-order valence-electron chi connectivity index (χ1n) is 8.91. The number of ether oxygens (including phenoxy) is 1. The van der Waals surface area contributed by atoms with Gasteiger partial charge in [0.25, 0.3) is 0 Å². The Bertz CT molecular complexity index is 992. The van der Waals surface area contributed by atoms with Gasteiger partial charge < -0.3 is 15.8 Å². The summed E-state index contributed by atoms with van der Waals surface area (Å²) in [5.41, 5.74) is 5.27. The molecule has 7 heteroatoms. The van der Waals surface area contributed by atoms with E-state index in [1.54, 1.807) is 55.6 Å². The molecule has 0 aliphatic carbocycles. The standard InChI is InChI=1S/C22H20FN3O3/c1-22(21(24)28,26-20(27)14-17-4-2-3-13-25-17)15-5-9-18(10-6-15)29-19-11-7-16(23)8-12-19/h2-13H,14H2,1H3,(H2,24,28)(H,26,27). The van der Waals surface area contributed by atoms with Crippen molar-refractivity contribution < 1.29 is 18.7 Å². The molecule has 0 bridgehead atoms. The highest BCUT2D eigenvalue weighted by Crippen LogP contribution is 2.26. The van der Waals surface area contributed by atoms with Gasteiger partial charge in [0.2, 0.25) is 11.8 Å². The molecule has 0 saturated heterocycles. The molecular weight excluding hydrogens is 373 g/mol. The van der Waals surface area contributed by atoms with Crippen molar-refractivity contribution in [3.8, 4) is 11.5 Å². The van der Waals surface area contributed by atoms with Gasteiger partial charge in [-0.1, -0.05) is 18.2 Å². The first kappa shape index (κ1) is 20.0. The molecule has 3 rings (SSSR count). The monoisotopic (exact) mass is 393 g/mol. The number of amides is 2. The summed E-state index contributed by atoms with van der Waals surface area (Å²) in [6.07, 6.45) is 1.62. The van der Waals surface area contributed by atoms with Crippen LogP contribution in [-0.4, -0.2) is 16.8 Å². The summed E-state index contributed by atoms with van der Waals surface area (Å²) in [4.78, 5) is 28.7. The van der Waals surface area contributed by atoms with Crippen LogP contribution in [0.3, 0.4) is 0 Å². The van der Waals surface area contributed by atoms with Crippen molar-refractivity contribution in [3.63, 3.8) is 0 Å². The Labute approximate surface area is 167 Å². The number of hydrogen-bond donors (Lipinski definition) is 2. The van der Waals surface area contributed by atoms with Gasteiger partial charge in [0.1, 0.15) is 22.9 Å². The number of benzene rings is 2. The number of pyridine rings is 1. The second-order valence-corrected chi connectivity index (χ2v) is 6.62. The van der Waals surface area contributed by atoms with E-state index in [2.05, 4.69) is 10.3 Å². The smallest absolute Gasteiger partial charge is 0.247 e. The first-order chi connectivity index (χ1) is 13.9. The molecule has 2 amide bonds. The van der Waals surface area contributed by atoms with E-state index < -0.39 is 11.4 Å². The number of nitrogens with zero attached hydrogens (tertiary/aromatic N) is 1. The van der Waals surface area contributed by atoms with E-state index in [-0.39, 0.29) is 18.1 Å². The van der Waals surface area contributed by atoms with Crippen LogP contribution in [0.2, 0.25) is 0 Å². The molecule has 3 N–H and O–H groups in total. The topological polar surface area (TPSA) is 94.3 Å². The van der Waals surface area contributed by atoms with Gasteiger partial charge in [0, 0.05) is 11.9 Å². The molecule has 6 nitrogen and oxygen atoms in total. The largest absolute Gasteiger partial charge is 0.457 e. The van der Waals surface area contributed by atoms with Crippen LogP contribution >= 0.6 is 0 Å². The maximum Gasteiger partial charge on any atom is 0.247 e. The van der Waals surface area contributed by atoms with Crippen molar-refractivity contribution in [1.29, 1.82) is 0 Å². The van der Waals surface area contributed by atoms with E-state index in [1.807, 2.05) is 0 Å². The summed E-state index contributed by atoms with van der Waals surface area (Å²) in [6.45, 7) is 1.54. The van der Waals surface area contributed by atoms with E-state index in [0.29, 0.717) is 22.8 Å². The molecule has 0 radical (unpaired) electrons. The van der Waals surface area contributed by atoms with Gasteiger partial charge in [-0.3, -0.25) is 14.6 Å². The minimum Gasteiger partial charge on any atom is -0.457 e. The maximum absolute atomic E-state index is 13.0. The second kappa shape index (κ2) is 8.52. The predicted octanol–water partition coefficient (Wildman–Crippen LogP) is 3.07. The van der Waals surface area contributed by atoms with Crippen molar-refractivity contribution in [2.24, 2.45) is 5.73 Å². The number of nitrogens with two attached hydrogens (primary N) is 1. The van der Waals surface area contributed by atoms with E-state index in [1.165, 1.54) is 24.3 Å². The number of nitrogens with one attached hydrogen (secondary N) is 1. The average Bonchev–Trinajstić information content (AvgIpc) is 2.70. The molecule has 1 heterocycles. The first-order valence-corrected chi connectivity index (χ1v) is 8.91. The fourth-order valence-corrected chi connectivity index (χ4v) is 2.76. The third-order valence-corrected chi connectivity index (χ3v) is 4.43. The molecule has 0 aliphatic rings. The number of halogens is 1. The lowest BCUT2D eigenvalue weighted by molar-refractivity contribution is -0.131. The Hall–Kier alpha value is -3.74. The van der Waals surface area contributed by atoms with Gasteiger partial charge >= 0.3 is 0 Å². The third-order valence-electron chi connectivity index (χ3n) is 4.43. The third kappa shape index (κ3) is 4.95. The Morgan fingerprint density at radius 3 is 2.21 bits per heavy atom. The molecule has 0 aliphatic heterocycles. The summed E-state index contributed by atoms with van der Waals surface area (Å²) in [7, 11) is 0. The lowest BCUT2D eigenvalue weighted by Crippen LogP contribution is -2.53. The normalized spacial score (nSPS) is 12.6. The highest BCUT2D eigenvalue weighted by atomic mass is 19.1. The van der Waals surface area contributed by atoms with Crippen LogP contribution in [0, 0.1) is 5.82 Å². The molecule has 1 aromatic heterocycles. The van der Waals surface area contributed by atoms with Gasteiger partial charge in [-0.25, -0.2) is 4.39 Å². The summed E-state index contributed by atoms with van der Waals surface area (Å²) in [5, 5.41) is 2.70. The highest BCUT2D eigenvalue weighted by Gasteiger charge is 2.35. The molecule has 1 atom stereocenters. The molecule has 1 unspecified atom stereocenters. The summed E-state index contributed by atoms with van der Waals surface area (Å²) in [5.74, 6) is -0.463. The number of primary amides is 1. The Kier molecular flexibility index (Phi) is 5.87. The molecule has 2 aromatic carbocycles. The van der Waals surface area contributed by atoms with Crippen molar-refractivity contribution in [1.82, 2.24) is 10.3 Å². The lowest BCUT2D eigenvalue weighted by Gasteiger charge is -2.28. The van der Waals surface area contributed by atoms with Crippen LogP contribution in [0.25, 0.3) is 0 Å². The summed E-state index contributed by atoms with van der Waals surface area (Å²) in [6, 6.07) is 17.4. The molecule has 3 aromatic rings. The summed E-state index contributed by atoms with van der Waals surface area (Å²) < 4.78 is 18.6. The number of carbonyl (C=O) groups excluding carboxylic acids is 2. The Morgan fingerprint density at radius 1 is 1.03 bits per heavy atom. The van der Waals surface area contributed by atoms with E-state index in [9.17, 15) is 14.0 Å². The van der Waals surface area contributed by atoms with Crippen LogP contribution in [0.1, 0.15) is 18.2 Å². The van der Waals surface area contributed by atoms with Crippen LogP contribution < -0.4 is 15.8 Å². The molecule has 0 fully saturated rings. The molecule has 29 heavy (non-hydrogen) atoms. The molecule has 148 valence electrons. The number of hydrogen-bond acceptors (Lipinski definition) is 4. The van der Waals surface area contributed by atoms with Crippen LogP contribution in [0.4, 0.5) is 4.39 Å². The van der Waals surface area contributed by atoms with Crippen molar-refractivity contribution in [2.45, 2.75) is 18.9 Å². The SMILES string of the molecule is CC(NC(=O)Cc1ccccn1)(C(N)=O)c1ccc(Oc2ccc(F)cc2)cc1. The van der Waals surface area contributed by atoms with Crippen molar-refractivity contribution >= 4 is 11.8 Å². The zero-order valence-electron chi connectivity index (χ0n) is 15.8. The Balaban J connectivity index is 1.74. The number of rotatable bonds is 7. The van der Waals surface area contributed by atoms with Gasteiger partial charge in [0.15, 0.2) is 0 Å². The van der Waals surface area contributed by atoms with Crippen molar-refractivity contribution in [3.05, 3.63) is 90.0 Å². The van der Waals surface area contributed by atoms with E-state index >= 15 is 0 Å². The zero-order chi connectivity index (χ0) is 20.9. The molecular formula is C22H20FN3O3. The van der Waals surface area contributed by atoms with Gasteiger partial charge in [-0.15, -0.1) is 0 Å². The summed E-state index contributed by atoms with van der Waals surface area (Å²) >= 11 is 0. The predicted molar refractivity (Wildman–Crippen MR) is 106 cm³/mol. The molecule has 0 saturated carbocycles. The second-order valence-electron chi connectivity index (χ2n) is 6.62. The number of carbonyl (C=O) groups is 2. The fraction of sp³-hybridized carbons (Fsp3) is 0.136. The maximum atomic E-state index is 13.0. The van der Waals surface area contributed by atoms with Crippen LogP contribution in [0.15, 0.2) is 72.9 Å². The van der Waals surface area contributed by atoms with Crippen LogP contribution in [-0.2, 0) is 21.5 Å². The quantitative estimate of drug-likeness (QED) is 0.645.